The van der Waals surface area contributed by atoms with E-state index < -0.39 is 0 Å². The molecule has 1 unspecified atom stereocenters. The third-order valence-electron chi connectivity index (χ3n) is 2.74. The average molecular weight is 237 g/mol. The van der Waals surface area contributed by atoms with Crippen LogP contribution in [0.25, 0.3) is 10.1 Å². The highest BCUT2D eigenvalue weighted by Gasteiger charge is 2.17. The zero-order valence-electron chi connectivity index (χ0n) is 8.70. The minimum atomic E-state index is -0.181. The fourth-order valence-corrected chi connectivity index (χ4v) is 3.04. The lowest BCUT2D eigenvalue weighted by molar-refractivity contribution is 0.0300. The van der Waals surface area contributed by atoms with Crippen LogP contribution < -0.4 is 5.32 Å². The normalized spacial score (nSPS) is 21.4. The third-order valence-corrected chi connectivity index (χ3v) is 3.95. The first-order chi connectivity index (χ1) is 7.83. The molecule has 1 aromatic carbocycles. The molecular weight excluding hydrogens is 225 g/mol. The summed E-state index contributed by atoms with van der Waals surface area (Å²) < 4.78 is 19.8. The van der Waals surface area contributed by atoms with Gasteiger partial charge in [0.2, 0.25) is 0 Å². The number of halogens is 1. The van der Waals surface area contributed by atoms with Crippen molar-refractivity contribution in [3.8, 4) is 0 Å². The maximum Gasteiger partial charge on any atom is 0.123 e. The lowest BCUT2D eigenvalue weighted by Gasteiger charge is -2.22. The highest BCUT2D eigenvalue weighted by molar-refractivity contribution is 7.19. The molecule has 16 heavy (non-hydrogen) atoms. The van der Waals surface area contributed by atoms with Crippen molar-refractivity contribution in [3.63, 3.8) is 0 Å². The van der Waals surface area contributed by atoms with Crippen LogP contribution >= 0.6 is 11.3 Å². The van der Waals surface area contributed by atoms with E-state index in [2.05, 4.69) is 5.32 Å². The molecular formula is C12H12FNOS. The number of thiophene rings is 1. The van der Waals surface area contributed by atoms with Crippen LogP contribution in [-0.2, 0) is 4.74 Å². The first kappa shape index (κ1) is 10.2. The van der Waals surface area contributed by atoms with E-state index in [9.17, 15) is 4.39 Å². The summed E-state index contributed by atoms with van der Waals surface area (Å²) in [6.45, 7) is 2.50. The van der Waals surface area contributed by atoms with Crippen molar-refractivity contribution in [1.29, 1.82) is 0 Å². The van der Waals surface area contributed by atoms with Gasteiger partial charge in [-0.15, -0.1) is 11.3 Å². The van der Waals surface area contributed by atoms with Crippen LogP contribution in [-0.4, -0.2) is 19.7 Å². The van der Waals surface area contributed by atoms with Gasteiger partial charge in [-0.25, -0.2) is 4.39 Å². The van der Waals surface area contributed by atoms with Gasteiger partial charge in [-0.3, -0.25) is 0 Å². The predicted octanol–water partition coefficient (Wildman–Crippen LogP) is 2.70. The summed E-state index contributed by atoms with van der Waals surface area (Å²) in [6.07, 6.45) is 0.120. The molecule has 0 spiro atoms. The Hall–Kier alpha value is -0.970. The van der Waals surface area contributed by atoms with Gasteiger partial charge in [-0.2, -0.15) is 0 Å². The largest absolute Gasteiger partial charge is 0.370 e. The van der Waals surface area contributed by atoms with Gasteiger partial charge in [0.15, 0.2) is 0 Å². The second-order valence-electron chi connectivity index (χ2n) is 3.89. The summed E-state index contributed by atoms with van der Waals surface area (Å²) >= 11 is 1.68. The predicted molar refractivity (Wildman–Crippen MR) is 63.3 cm³/mol. The van der Waals surface area contributed by atoms with Crippen LogP contribution in [0.2, 0.25) is 0 Å². The molecule has 2 heterocycles. The Labute approximate surface area is 97.0 Å². The van der Waals surface area contributed by atoms with E-state index in [4.69, 9.17) is 4.74 Å². The van der Waals surface area contributed by atoms with Crippen LogP contribution in [0.15, 0.2) is 24.3 Å². The summed E-state index contributed by atoms with van der Waals surface area (Å²) in [4.78, 5) is 1.17. The number of benzene rings is 1. The topological polar surface area (TPSA) is 21.3 Å². The van der Waals surface area contributed by atoms with Gasteiger partial charge in [0.1, 0.15) is 11.9 Å². The third kappa shape index (κ3) is 1.84. The van der Waals surface area contributed by atoms with Gasteiger partial charge in [0, 0.05) is 22.7 Å². The van der Waals surface area contributed by atoms with E-state index in [-0.39, 0.29) is 11.9 Å². The first-order valence-corrected chi connectivity index (χ1v) is 6.16. The van der Waals surface area contributed by atoms with E-state index in [1.807, 2.05) is 12.1 Å². The van der Waals surface area contributed by atoms with E-state index in [1.165, 1.54) is 10.9 Å². The molecule has 4 heteroatoms. The first-order valence-electron chi connectivity index (χ1n) is 5.34. The Morgan fingerprint density at radius 2 is 2.31 bits per heavy atom. The van der Waals surface area contributed by atoms with Crippen LogP contribution in [0, 0.1) is 5.82 Å². The number of ether oxygens (including phenoxy) is 1. The molecule has 1 atom stereocenters. The molecule has 3 rings (SSSR count). The monoisotopic (exact) mass is 237 g/mol. The maximum absolute atomic E-state index is 13.0. The molecule has 1 saturated heterocycles. The van der Waals surface area contributed by atoms with E-state index >= 15 is 0 Å². The molecule has 84 valence electrons. The molecule has 2 aromatic rings. The number of hydrogen-bond donors (Lipinski definition) is 1. The number of fused-ring (bicyclic) bond motifs is 1. The Kier molecular flexibility index (Phi) is 2.63. The maximum atomic E-state index is 13.0. The van der Waals surface area contributed by atoms with Gasteiger partial charge < -0.3 is 10.1 Å². The second kappa shape index (κ2) is 4.13. The van der Waals surface area contributed by atoms with Crippen molar-refractivity contribution >= 4 is 21.4 Å². The highest BCUT2D eigenvalue weighted by atomic mass is 32.1. The average Bonchev–Trinajstić information content (AvgIpc) is 2.73. The molecule has 1 N–H and O–H groups in total. The fraction of sp³-hybridized carbons (Fsp3) is 0.333. The Bertz CT molecular complexity index is 505. The van der Waals surface area contributed by atoms with E-state index in [1.54, 1.807) is 17.4 Å². The Balaban J connectivity index is 1.97. The summed E-state index contributed by atoms with van der Waals surface area (Å²) in [7, 11) is 0. The van der Waals surface area contributed by atoms with Gasteiger partial charge in [-0.1, -0.05) is 0 Å². The van der Waals surface area contributed by atoms with Crippen molar-refractivity contribution in [2.75, 3.05) is 19.7 Å². The zero-order valence-corrected chi connectivity index (χ0v) is 9.52. The Morgan fingerprint density at radius 3 is 3.12 bits per heavy atom. The summed E-state index contributed by atoms with van der Waals surface area (Å²) in [5.41, 5.74) is 0. The molecule has 1 aromatic heterocycles. The summed E-state index contributed by atoms with van der Waals surface area (Å²) in [6, 6.07) is 6.93. The number of rotatable bonds is 1. The van der Waals surface area contributed by atoms with Crippen LogP contribution in [0.5, 0.6) is 0 Å². The molecule has 1 fully saturated rings. The van der Waals surface area contributed by atoms with Crippen LogP contribution in [0.1, 0.15) is 11.0 Å². The van der Waals surface area contributed by atoms with Crippen molar-refractivity contribution in [3.05, 3.63) is 35.0 Å². The molecule has 0 amide bonds. The quantitative estimate of drug-likeness (QED) is 0.823. The van der Waals surface area contributed by atoms with Crippen molar-refractivity contribution in [2.45, 2.75) is 6.10 Å². The van der Waals surface area contributed by atoms with Gasteiger partial charge >= 0.3 is 0 Å². The van der Waals surface area contributed by atoms with Gasteiger partial charge in [-0.05, 0) is 29.7 Å². The zero-order chi connectivity index (χ0) is 11.0. The van der Waals surface area contributed by atoms with E-state index in [0.29, 0.717) is 0 Å². The van der Waals surface area contributed by atoms with Gasteiger partial charge in [0.05, 0.1) is 6.61 Å². The fourth-order valence-electron chi connectivity index (χ4n) is 1.94. The smallest absolute Gasteiger partial charge is 0.123 e. The van der Waals surface area contributed by atoms with Crippen molar-refractivity contribution in [1.82, 2.24) is 5.32 Å². The summed E-state index contributed by atoms with van der Waals surface area (Å²) in [5, 5.41) is 4.26. The van der Waals surface area contributed by atoms with Gasteiger partial charge in [0.25, 0.3) is 0 Å². The van der Waals surface area contributed by atoms with Crippen LogP contribution in [0.4, 0.5) is 4.39 Å². The van der Waals surface area contributed by atoms with Crippen molar-refractivity contribution in [2.24, 2.45) is 0 Å². The second-order valence-corrected chi connectivity index (χ2v) is 5.01. The minimum absolute atomic E-state index is 0.120. The SMILES string of the molecule is Fc1ccc2sc(C3CNCCO3)cc2c1. The Morgan fingerprint density at radius 1 is 1.38 bits per heavy atom. The standard InChI is InChI=1S/C12H12FNOS/c13-9-1-2-11-8(5-9)6-12(16-11)10-7-14-3-4-15-10/h1-2,5-6,10,14H,3-4,7H2. The molecule has 1 aliphatic heterocycles. The number of morpholine rings is 1. The van der Waals surface area contributed by atoms with E-state index in [0.717, 1.165) is 29.8 Å². The molecule has 2 nitrogen and oxygen atoms in total. The summed E-state index contributed by atoms with van der Waals surface area (Å²) in [5.74, 6) is -0.181. The molecule has 0 aliphatic carbocycles. The minimum Gasteiger partial charge on any atom is -0.370 e. The highest BCUT2D eigenvalue weighted by Crippen LogP contribution is 2.32. The lowest BCUT2D eigenvalue weighted by Crippen LogP contribution is -2.32. The van der Waals surface area contributed by atoms with Crippen LogP contribution in [0.3, 0.4) is 0 Å². The molecule has 0 radical (unpaired) electrons. The molecule has 1 aliphatic rings. The number of hydrogen-bond acceptors (Lipinski definition) is 3. The number of nitrogens with one attached hydrogen (secondary N) is 1. The lowest BCUT2D eigenvalue weighted by atomic mass is 10.2. The van der Waals surface area contributed by atoms with Crippen molar-refractivity contribution < 1.29 is 9.13 Å². The molecule has 0 bridgehead atoms. The molecule has 0 saturated carbocycles.